The highest BCUT2D eigenvalue weighted by Crippen LogP contribution is 2.27. The smallest absolute Gasteiger partial charge is 0.317 e. The van der Waals surface area contributed by atoms with Crippen molar-refractivity contribution in [3.63, 3.8) is 0 Å². The van der Waals surface area contributed by atoms with E-state index in [1.54, 1.807) is 31.4 Å². The topological polar surface area (TPSA) is 85.8 Å². The quantitative estimate of drug-likeness (QED) is 0.821. The molecule has 0 saturated carbocycles. The minimum Gasteiger partial charge on any atom is -0.493 e. The highest BCUT2D eigenvalue weighted by Gasteiger charge is 2.25. The van der Waals surface area contributed by atoms with Crippen LogP contribution in [0.3, 0.4) is 0 Å². The summed E-state index contributed by atoms with van der Waals surface area (Å²) in [5, 5.41) is 2.96. The minimum absolute atomic E-state index is 0.0742. The summed E-state index contributed by atoms with van der Waals surface area (Å²) in [4.78, 5) is 22.7. The Morgan fingerprint density at radius 1 is 1.25 bits per heavy atom. The molecule has 1 N–H and O–H groups in total. The molecule has 1 saturated heterocycles. The molecular weight excluding hydrogens is 360 g/mol. The molecule has 28 heavy (non-hydrogen) atoms. The fourth-order valence-corrected chi connectivity index (χ4v) is 3.17. The van der Waals surface area contributed by atoms with Crippen LogP contribution >= 0.6 is 0 Å². The van der Waals surface area contributed by atoms with Crippen molar-refractivity contribution in [1.29, 1.82) is 0 Å². The van der Waals surface area contributed by atoms with Crippen LogP contribution in [0.4, 0.5) is 4.79 Å². The molecule has 1 atom stereocenters. The third-order valence-electron chi connectivity index (χ3n) is 4.59. The average Bonchev–Trinajstić information content (AvgIpc) is 2.72. The lowest BCUT2D eigenvalue weighted by Crippen LogP contribution is -2.48. The van der Waals surface area contributed by atoms with Crippen LogP contribution in [0.1, 0.15) is 24.2 Å². The van der Waals surface area contributed by atoms with Gasteiger partial charge in [-0.3, -0.25) is 0 Å². The summed E-state index contributed by atoms with van der Waals surface area (Å²) < 4.78 is 16.5. The van der Waals surface area contributed by atoms with E-state index in [1.807, 2.05) is 25.1 Å². The normalized spacial score (nSPS) is 16.4. The largest absolute Gasteiger partial charge is 0.493 e. The van der Waals surface area contributed by atoms with E-state index in [4.69, 9.17) is 14.2 Å². The van der Waals surface area contributed by atoms with Crippen molar-refractivity contribution >= 4 is 6.03 Å². The highest BCUT2D eigenvalue weighted by molar-refractivity contribution is 5.74. The lowest BCUT2D eigenvalue weighted by Gasteiger charge is -2.32. The molecule has 8 nitrogen and oxygen atoms in total. The zero-order chi connectivity index (χ0) is 19.9. The van der Waals surface area contributed by atoms with Crippen LogP contribution in [0.2, 0.25) is 0 Å². The number of urea groups is 1. The van der Waals surface area contributed by atoms with Crippen LogP contribution in [0.25, 0.3) is 0 Å². The number of hydrogen-bond acceptors (Lipinski definition) is 6. The molecule has 1 aromatic heterocycles. The number of carbonyl (C=O) groups excluding carboxylic acids is 1. The Bertz CT molecular complexity index is 815. The average molecular weight is 386 g/mol. The second kappa shape index (κ2) is 9.25. The first-order valence-corrected chi connectivity index (χ1v) is 9.29. The van der Waals surface area contributed by atoms with Crippen molar-refractivity contribution in [2.24, 2.45) is 0 Å². The third kappa shape index (κ3) is 5.03. The van der Waals surface area contributed by atoms with Gasteiger partial charge in [0.05, 0.1) is 20.8 Å². The standard InChI is InChI=1S/C20H26N4O4/c1-14-21-9-8-19(23-14)28-16-5-4-10-24(13-16)20(25)22-12-15-6-7-17(26-2)18(11-15)27-3/h6-9,11,16H,4-5,10,12-13H2,1-3H3,(H,22,25). The predicted octanol–water partition coefficient (Wildman–Crippen LogP) is 2.56. The Labute approximate surface area is 164 Å². The van der Waals surface area contributed by atoms with Crippen molar-refractivity contribution < 1.29 is 19.0 Å². The monoisotopic (exact) mass is 386 g/mol. The lowest BCUT2D eigenvalue weighted by atomic mass is 10.1. The maximum Gasteiger partial charge on any atom is 0.317 e. The molecule has 2 heterocycles. The predicted molar refractivity (Wildman–Crippen MR) is 104 cm³/mol. The third-order valence-corrected chi connectivity index (χ3v) is 4.59. The number of hydrogen-bond donors (Lipinski definition) is 1. The maximum atomic E-state index is 12.6. The highest BCUT2D eigenvalue weighted by atomic mass is 16.5. The summed E-state index contributed by atoms with van der Waals surface area (Å²) in [5.74, 6) is 2.51. The van der Waals surface area contributed by atoms with E-state index in [-0.39, 0.29) is 12.1 Å². The number of carbonyl (C=O) groups is 1. The Kier molecular flexibility index (Phi) is 6.52. The molecular formula is C20H26N4O4. The van der Waals surface area contributed by atoms with Gasteiger partial charge in [0, 0.05) is 25.4 Å². The lowest BCUT2D eigenvalue weighted by molar-refractivity contribution is 0.0974. The van der Waals surface area contributed by atoms with E-state index < -0.39 is 0 Å². The SMILES string of the molecule is COc1ccc(CNC(=O)N2CCCC(Oc3ccnc(C)n3)C2)cc1OC. The van der Waals surface area contributed by atoms with Crippen molar-refractivity contribution in [1.82, 2.24) is 20.2 Å². The van der Waals surface area contributed by atoms with Gasteiger partial charge in [0.15, 0.2) is 11.5 Å². The van der Waals surface area contributed by atoms with Gasteiger partial charge in [-0.25, -0.2) is 9.78 Å². The summed E-state index contributed by atoms with van der Waals surface area (Å²) in [5.41, 5.74) is 0.937. The van der Waals surface area contributed by atoms with E-state index in [2.05, 4.69) is 15.3 Å². The molecule has 0 spiro atoms. The molecule has 2 amide bonds. The summed E-state index contributed by atoms with van der Waals surface area (Å²) in [6.45, 7) is 3.47. The molecule has 1 aliphatic rings. The maximum absolute atomic E-state index is 12.6. The molecule has 1 aliphatic heterocycles. The van der Waals surface area contributed by atoms with Gasteiger partial charge in [0.25, 0.3) is 0 Å². The molecule has 0 bridgehead atoms. The van der Waals surface area contributed by atoms with E-state index in [0.717, 1.165) is 18.4 Å². The van der Waals surface area contributed by atoms with Crippen LogP contribution in [0, 0.1) is 6.92 Å². The van der Waals surface area contributed by atoms with Crippen LogP contribution in [0.5, 0.6) is 17.4 Å². The van der Waals surface area contributed by atoms with Crippen LogP contribution in [-0.4, -0.2) is 54.3 Å². The van der Waals surface area contributed by atoms with E-state index >= 15 is 0 Å². The number of likely N-dealkylation sites (tertiary alicyclic amines) is 1. The number of nitrogens with one attached hydrogen (secondary N) is 1. The van der Waals surface area contributed by atoms with Crippen molar-refractivity contribution in [3.8, 4) is 17.4 Å². The molecule has 0 radical (unpaired) electrons. The first kappa shape index (κ1) is 19.7. The van der Waals surface area contributed by atoms with Gasteiger partial charge in [-0.1, -0.05) is 6.07 Å². The minimum atomic E-state index is -0.109. The van der Waals surface area contributed by atoms with Gasteiger partial charge in [-0.15, -0.1) is 0 Å². The number of nitrogens with zero attached hydrogens (tertiary/aromatic N) is 3. The van der Waals surface area contributed by atoms with Crippen LogP contribution < -0.4 is 19.5 Å². The zero-order valence-electron chi connectivity index (χ0n) is 16.5. The number of methoxy groups -OCH3 is 2. The second-order valence-electron chi connectivity index (χ2n) is 6.62. The molecule has 150 valence electrons. The molecule has 3 rings (SSSR count). The van der Waals surface area contributed by atoms with Gasteiger partial charge < -0.3 is 24.4 Å². The van der Waals surface area contributed by atoms with Gasteiger partial charge in [0.2, 0.25) is 5.88 Å². The molecule has 1 fully saturated rings. The fourth-order valence-electron chi connectivity index (χ4n) is 3.17. The molecule has 1 aromatic carbocycles. The van der Waals surface area contributed by atoms with Gasteiger partial charge in [0.1, 0.15) is 11.9 Å². The fraction of sp³-hybridized carbons (Fsp3) is 0.450. The van der Waals surface area contributed by atoms with Crippen molar-refractivity contribution in [2.45, 2.75) is 32.4 Å². The molecule has 2 aromatic rings. The van der Waals surface area contributed by atoms with Gasteiger partial charge in [-0.05, 0) is 37.5 Å². The first-order chi connectivity index (χ1) is 13.6. The zero-order valence-corrected chi connectivity index (χ0v) is 16.5. The second-order valence-corrected chi connectivity index (χ2v) is 6.62. The molecule has 0 aliphatic carbocycles. The van der Waals surface area contributed by atoms with E-state index in [1.165, 1.54) is 0 Å². The summed E-state index contributed by atoms with van der Waals surface area (Å²) in [6.07, 6.45) is 3.38. The Morgan fingerprint density at radius 2 is 2.07 bits per heavy atom. The molecule has 8 heteroatoms. The summed E-state index contributed by atoms with van der Waals surface area (Å²) >= 11 is 0. The summed E-state index contributed by atoms with van der Waals surface area (Å²) in [6, 6.07) is 7.22. The van der Waals surface area contributed by atoms with Gasteiger partial charge in [-0.2, -0.15) is 4.98 Å². The number of piperidine rings is 1. The van der Waals surface area contributed by atoms with E-state index in [9.17, 15) is 4.79 Å². The number of benzene rings is 1. The van der Waals surface area contributed by atoms with Gasteiger partial charge >= 0.3 is 6.03 Å². The number of amides is 2. The van der Waals surface area contributed by atoms with Crippen molar-refractivity contribution in [3.05, 3.63) is 41.9 Å². The Balaban J connectivity index is 1.54. The first-order valence-electron chi connectivity index (χ1n) is 9.29. The Hall–Kier alpha value is -3.03. The summed E-state index contributed by atoms with van der Waals surface area (Å²) in [7, 11) is 3.18. The van der Waals surface area contributed by atoms with Crippen LogP contribution in [0.15, 0.2) is 30.5 Å². The van der Waals surface area contributed by atoms with E-state index in [0.29, 0.717) is 42.8 Å². The van der Waals surface area contributed by atoms with Crippen LogP contribution in [-0.2, 0) is 6.54 Å². The number of aryl methyl sites for hydroxylation is 1. The number of aromatic nitrogens is 2. The number of rotatable bonds is 6. The number of ether oxygens (including phenoxy) is 3. The molecule has 1 unspecified atom stereocenters. The van der Waals surface area contributed by atoms with Crippen molar-refractivity contribution in [2.75, 3.05) is 27.3 Å². The Morgan fingerprint density at radius 3 is 2.82 bits per heavy atom.